The van der Waals surface area contributed by atoms with Gasteiger partial charge in [-0.05, 0) is 48.7 Å². The highest BCUT2D eigenvalue weighted by atomic mass is 16.1. The molecule has 0 spiro atoms. The number of carbonyl (C=O) groups is 1. The topological polar surface area (TPSA) is 66.1 Å². The molecule has 5 heteroatoms. The van der Waals surface area contributed by atoms with E-state index in [4.69, 9.17) is 0 Å². The van der Waals surface area contributed by atoms with Crippen LogP contribution in [0.1, 0.15) is 45.4 Å². The predicted molar refractivity (Wildman–Crippen MR) is 119 cm³/mol. The number of nitrogens with one attached hydrogen (secondary N) is 1. The minimum atomic E-state index is -0.251. The molecule has 3 rings (SSSR count). The summed E-state index contributed by atoms with van der Waals surface area (Å²) in [5.74, 6) is -0.146. The molecule has 0 aliphatic carbocycles. The number of aryl methyl sites for hydroxylation is 1. The molecule has 1 aromatic carbocycles. The van der Waals surface area contributed by atoms with Crippen molar-refractivity contribution in [1.82, 2.24) is 9.97 Å². The first-order valence-electron chi connectivity index (χ1n) is 9.59. The molecule has 29 heavy (non-hydrogen) atoms. The highest BCUT2D eigenvalue weighted by Gasteiger charge is 2.23. The van der Waals surface area contributed by atoms with E-state index in [-0.39, 0.29) is 11.3 Å². The van der Waals surface area contributed by atoms with Gasteiger partial charge in [0.15, 0.2) is 5.78 Å². The maximum absolute atomic E-state index is 13.5. The average molecular weight is 387 g/mol. The van der Waals surface area contributed by atoms with Crippen LogP contribution in [0.15, 0.2) is 53.5 Å². The summed E-state index contributed by atoms with van der Waals surface area (Å²) < 4.78 is 0. The number of carbonyl (C=O) groups excluding carboxylic acids is 1. The molecule has 0 aliphatic heterocycles. The number of H-pyrrole nitrogens is 1. The van der Waals surface area contributed by atoms with Crippen LogP contribution in [-0.2, 0) is 6.42 Å². The van der Waals surface area contributed by atoms with Crippen LogP contribution < -0.4 is 10.5 Å². The third kappa shape index (κ3) is 4.35. The van der Waals surface area contributed by atoms with Gasteiger partial charge in [-0.25, -0.2) is 0 Å². The first kappa shape index (κ1) is 20.3. The Morgan fingerprint density at radius 2 is 1.93 bits per heavy atom. The molecule has 0 saturated heterocycles. The van der Waals surface area contributed by atoms with Crippen LogP contribution in [0.25, 0.3) is 12.2 Å². The number of rotatable bonds is 6. The monoisotopic (exact) mass is 387 g/mol. The molecule has 0 radical (unpaired) electrons. The van der Waals surface area contributed by atoms with Gasteiger partial charge in [0.25, 0.3) is 5.56 Å². The van der Waals surface area contributed by atoms with Crippen LogP contribution in [0.4, 0.5) is 5.69 Å². The van der Waals surface area contributed by atoms with E-state index in [1.54, 1.807) is 31.3 Å². The highest BCUT2D eigenvalue weighted by molar-refractivity contribution is 6.13. The van der Waals surface area contributed by atoms with Crippen molar-refractivity contribution in [2.24, 2.45) is 0 Å². The van der Waals surface area contributed by atoms with Crippen LogP contribution >= 0.6 is 0 Å². The SMILES string of the molecule is CCc1c(C)[nH]c(=O)c(N(C)C)c1C(=O)c1cccc(/C=C/c2ccccn2)c1. The van der Waals surface area contributed by atoms with Gasteiger partial charge in [-0.3, -0.25) is 14.6 Å². The second-order valence-electron chi connectivity index (χ2n) is 7.07. The molecule has 0 bridgehead atoms. The molecule has 0 amide bonds. The number of hydrogen-bond acceptors (Lipinski definition) is 4. The van der Waals surface area contributed by atoms with E-state index in [0.717, 1.165) is 22.5 Å². The van der Waals surface area contributed by atoms with Crippen LogP contribution in [0, 0.1) is 6.92 Å². The summed E-state index contributed by atoms with van der Waals surface area (Å²) in [7, 11) is 3.56. The molecule has 2 heterocycles. The van der Waals surface area contributed by atoms with Gasteiger partial charge in [-0.2, -0.15) is 0 Å². The maximum Gasteiger partial charge on any atom is 0.272 e. The standard InChI is InChI=1S/C24H25N3O2/c1-5-20-16(2)26-24(29)22(27(3)4)21(20)23(28)18-10-8-9-17(15-18)12-13-19-11-6-7-14-25-19/h6-15H,5H2,1-4H3,(H,26,29)/b13-12+. The molecule has 0 aliphatic rings. The maximum atomic E-state index is 13.5. The Morgan fingerprint density at radius 3 is 2.59 bits per heavy atom. The van der Waals surface area contributed by atoms with Crippen LogP contribution in [0.2, 0.25) is 0 Å². The minimum absolute atomic E-state index is 0.146. The van der Waals surface area contributed by atoms with E-state index in [0.29, 0.717) is 23.2 Å². The molecule has 0 fully saturated rings. The largest absolute Gasteiger partial charge is 0.373 e. The van der Waals surface area contributed by atoms with Gasteiger partial charge in [0.05, 0.1) is 11.3 Å². The quantitative estimate of drug-likeness (QED) is 0.647. The number of pyridine rings is 2. The predicted octanol–water partition coefficient (Wildman–Crippen LogP) is 4.11. The third-order valence-corrected chi connectivity index (χ3v) is 4.82. The van der Waals surface area contributed by atoms with Gasteiger partial charge in [0.2, 0.25) is 0 Å². The van der Waals surface area contributed by atoms with Crippen LogP contribution in [0.3, 0.4) is 0 Å². The summed E-state index contributed by atoms with van der Waals surface area (Å²) in [5, 5.41) is 0. The normalized spacial score (nSPS) is 11.0. The van der Waals surface area contributed by atoms with Crippen molar-refractivity contribution in [2.75, 3.05) is 19.0 Å². The summed E-state index contributed by atoms with van der Waals surface area (Å²) >= 11 is 0. The zero-order valence-corrected chi connectivity index (χ0v) is 17.2. The molecule has 0 atom stereocenters. The number of ketones is 1. The van der Waals surface area contributed by atoms with E-state index in [9.17, 15) is 9.59 Å². The highest BCUT2D eigenvalue weighted by Crippen LogP contribution is 2.25. The van der Waals surface area contributed by atoms with Crippen molar-refractivity contribution in [3.8, 4) is 0 Å². The molecule has 1 N–H and O–H groups in total. The van der Waals surface area contributed by atoms with E-state index < -0.39 is 0 Å². The summed E-state index contributed by atoms with van der Waals surface area (Å²) in [6.07, 6.45) is 6.23. The fraction of sp³-hybridized carbons (Fsp3) is 0.208. The van der Waals surface area contributed by atoms with E-state index in [1.165, 1.54) is 0 Å². The summed E-state index contributed by atoms with van der Waals surface area (Å²) in [4.78, 5) is 34.9. The van der Waals surface area contributed by atoms with Gasteiger partial charge in [0, 0.05) is 31.5 Å². The lowest BCUT2D eigenvalue weighted by Crippen LogP contribution is -2.27. The average Bonchev–Trinajstić information content (AvgIpc) is 2.72. The van der Waals surface area contributed by atoms with Gasteiger partial charge in [-0.15, -0.1) is 0 Å². The van der Waals surface area contributed by atoms with Gasteiger partial charge in [-0.1, -0.05) is 37.3 Å². The van der Waals surface area contributed by atoms with Crippen LogP contribution in [0.5, 0.6) is 0 Å². The first-order chi connectivity index (χ1) is 13.9. The fourth-order valence-electron chi connectivity index (χ4n) is 3.45. The summed E-state index contributed by atoms with van der Waals surface area (Å²) in [6.45, 7) is 3.82. The van der Waals surface area contributed by atoms with Gasteiger partial charge >= 0.3 is 0 Å². The van der Waals surface area contributed by atoms with Crippen LogP contribution in [-0.4, -0.2) is 29.8 Å². The second-order valence-corrected chi connectivity index (χ2v) is 7.07. The van der Waals surface area contributed by atoms with Crippen molar-refractivity contribution in [3.63, 3.8) is 0 Å². The third-order valence-electron chi connectivity index (χ3n) is 4.82. The molecule has 0 saturated carbocycles. The summed E-state index contributed by atoms with van der Waals surface area (Å²) in [6, 6.07) is 13.1. The number of aromatic amines is 1. The molecule has 3 aromatic rings. The first-order valence-corrected chi connectivity index (χ1v) is 9.59. The Balaban J connectivity index is 2.06. The second kappa shape index (κ2) is 8.69. The lowest BCUT2D eigenvalue weighted by molar-refractivity contribution is 0.103. The number of anilines is 1. The lowest BCUT2D eigenvalue weighted by atomic mass is 9.93. The Hall–Kier alpha value is -3.47. The van der Waals surface area contributed by atoms with Gasteiger partial charge < -0.3 is 9.88 Å². The van der Waals surface area contributed by atoms with E-state index in [1.807, 2.05) is 62.4 Å². The number of nitrogens with zero attached hydrogens (tertiary/aromatic N) is 2. The smallest absolute Gasteiger partial charge is 0.272 e. The summed E-state index contributed by atoms with van der Waals surface area (Å²) in [5.41, 5.74) is 4.52. The number of hydrogen-bond donors (Lipinski definition) is 1. The zero-order valence-electron chi connectivity index (χ0n) is 17.2. The zero-order chi connectivity index (χ0) is 21.0. The Kier molecular flexibility index (Phi) is 6.07. The van der Waals surface area contributed by atoms with E-state index in [2.05, 4.69) is 9.97 Å². The number of aromatic nitrogens is 2. The van der Waals surface area contributed by atoms with Crippen molar-refractivity contribution < 1.29 is 4.79 Å². The van der Waals surface area contributed by atoms with Crippen molar-refractivity contribution >= 4 is 23.6 Å². The van der Waals surface area contributed by atoms with Crippen molar-refractivity contribution in [2.45, 2.75) is 20.3 Å². The Bertz CT molecular complexity index is 1110. The lowest BCUT2D eigenvalue weighted by Gasteiger charge is -2.20. The molecule has 2 aromatic heterocycles. The molecule has 148 valence electrons. The fourth-order valence-corrected chi connectivity index (χ4v) is 3.45. The van der Waals surface area contributed by atoms with Gasteiger partial charge in [0.1, 0.15) is 5.69 Å². The molecular weight excluding hydrogens is 362 g/mol. The molecular formula is C24H25N3O2. The Labute approximate surface area is 170 Å². The molecule has 0 unspecified atom stereocenters. The molecule has 5 nitrogen and oxygen atoms in total. The van der Waals surface area contributed by atoms with E-state index >= 15 is 0 Å². The minimum Gasteiger partial charge on any atom is -0.373 e. The Morgan fingerprint density at radius 1 is 1.14 bits per heavy atom. The van der Waals surface area contributed by atoms with Crippen molar-refractivity contribution in [3.05, 3.63) is 92.7 Å². The number of benzene rings is 1. The van der Waals surface area contributed by atoms with Crippen molar-refractivity contribution in [1.29, 1.82) is 0 Å².